The zero-order chi connectivity index (χ0) is 19.2. The highest BCUT2D eigenvalue weighted by Gasteiger charge is 2.33. The summed E-state index contributed by atoms with van der Waals surface area (Å²) in [5.74, 6) is 2.56. The molecule has 1 saturated heterocycles. The van der Waals surface area contributed by atoms with E-state index in [1.54, 1.807) is 11.3 Å². The lowest BCUT2D eigenvalue weighted by Gasteiger charge is -2.36. The molecule has 0 bridgehead atoms. The van der Waals surface area contributed by atoms with Crippen LogP contribution < -0.4 is 0 Å². The van der Waals surface area contributed by atoms with E-state index in [0.717, 1.165) is 61.1 Å². The molecule has 0 spiro atoms. The molecule has 5 heteroatoms. The Hall–Kier alpha value is -0.970. The number of aromatic nitrogens is 2. The van der Waals surface area contributed by atoms with E-state index in [4.69, 9.17) is 0 Å². The molecule has 0 radical (unpaired) electrons. The minimum atomic E-state index is 0.271. The summed E-state index contributed by atoms with van der Waals surface area (Å²) >= 11 is 1.76. The van der Waals surface area contributed by atoms with Gasteiger partial charge >= 0.3 is 0 Å². The lowest BCUT2D eigenvalue weighted by Crippen LogP contribution is -2.43. The number of hydrogen-bond acceptors (Lipinski definition) is 4. The minimum absolute atomic E-state index is 0.271. The smallest absolute Gasteiger partial charge is 0.225 e. The maximum atomic E-state index is 13.1. The second-order valence-electron chi connectivity index (χ2n) is 9.12. The van der Waals surface area contributed by atoms with Crippen LogP contribution in [0.25, 0.3) is 0 Å². The van der Waals surface area contributed by atoms with Crippen LogP contribution in [0.4, 0.5) is 0 Å². The summed E-state index contributed by atoms with van der Waals surface area (Å²) in [6, 6.07) is 0. The van der Waals surface area contributed by atoms with E-state index < -0.39 is 0 Å². The van der Waals surface area contributed by atoms with Gasteiger partial charge < -0.3 is 4.90 Å². The standard InChI is InChI=1S/C22H37N3OS/c1-4-5-7-17-9-11-18(12-10-17)22(26)25-13-6-8-19(15-25)21-24-23-20(27-21)14-16(2)3/h16-19H,4-15H2,1-3H3. The fourth-order valence-corrected chi connectivity index (χ4v) is 5.87. The van der Waals surface area contributed by atoms with Crippen LogP contribution in [0.1, 0.15) is 94.5 Å². The summed E-state index contributed by atoms with van der Waals surface area (Å²) in [5.41, 5.74) is 0. The molecule has 1 atom stereocenters. The number of rotatable bonds is 7. The minimum Gasteiger partial charge on any atom is -0.342 e. The van der Waals surface area contributed by atoms with Crippen LogP contribution in [0.3, 0.4) is 0 Å². The molecule has 1 aliphatic carbocycles. The first-order valence-electron chi connectivity index (χ1n) is 11.2. The van der Waals surface area contributed by atoms with Gasteiger partial charge in [0.25, 0.3) is 0 Å². The van der Waals surface area contributed by atoms with Crippen molar-refractivity contribution in [1.82, 2.24) is 15.1 Å². The Bertz CT molecular complexity index is 592. The van der Waals surface area contributed by atoms with Gasteiger partial charge in [0.2, 0.25) is 5.91 Å². The van der Waals surface area contributed by atoms with Gasteiger partial charge in [0.1, 0.15) is 10.0 Å². The van der Waals surface area contributed by atoms with Gasteiger partial charge in [-0.3, -0.25) is 4.79 Å². The van der Waals surface area contributed by atoms with Gasteiger partial charge in [-0.1, -0.05) is 40.0 Å². The molecule has 27 heavy (non-hydrogen) atoms. The monoisotopic (exact) mass is 391 g/mol. The van der Waals surface area contributed by atoms with E-state index in [2.05, 4.69) is 35.9 Å². The molecule has 1 aliphatic heterocycles. The predicted molar refractivity (Wildman–Crippen MR) is 112 cm³/mol. The second-order valence-corrected chi connectivity index (χ2v) is 10.2. The number of piperidine rings is 1. The first kappa shape index (κ1) is 20.8. The van der Waals surface area contributed by atoms with Crippen molar-refractivity contribution in [1.29, 1.82) is 0 Å². The maximum absolute atomic E-state index is 13.1. The predicted octanol–water partition coefficient (Wildman–Crippen LogP) is 5.44. The van der Waals surface area contributed by atoms with Crippen molar-refractivity contribution in [2.24, 2.45) is 17.8 Å². The molecule has 4 nitrogen and oxygen atoms in total. The third-order valence-corrected chi connectivity index (χ3v) is 7.42. The zero-order valence-corrected chi connectivity index (χ0v) is 18.3. The average molecular weight is 392 g/mol. The van der Waals surface area contributed by atoms with Crippen molar-refractivity contribution in [3.05, 3.63) is 10.0 Å². The number of carbonyl (C=O) groups is 1. The number of nitrogens with zero attached hydrogens (tertiary/aromatic N) is 3. The van der Waals surface area contributed by atoms with E-state index in [9.17, 15) is 4.79 Å². The number of carbonyl (C=O) groups excluding carboxylic acids is 1. The third kappa shape index (κ3) is 5.75. The maximum Gasteiger partial charge on any atom is 0.225 e. The molecule has 2 heterocycles. The summed E-state index contributed by atoms with van der Waals surface area (Å²) in [7, 11) is 0. The van der Waals surface area contributed by atoms with Crippen molar-refractivity contribution in [3.63, 3.8) is 0 Å². The van der Waals surface area contributed by atoms with E-state index in [1.165, 1.54) is 32.1 Å². The van der Waals surface area contributed by atoms with Gasteiger partial charge in [0.15, 0.2) is 0 Å². The van der Waals surface area contributed by atoms with Gasteiger partial charge in [-0.15, -0.1) is 21.5 Å². The third-order valence-electron chi connectivity index (χ3n) is 6.31. The molecule has 0 N–H and O–H groups in total. The molecular formula is C22H37N3OS. The van der Waals surface area contributed by atoms with Crippen molar-refractivity contribution in [2.75, 3.05) is 13.1 Å². The Morgan fingerprint density at radius 2 is 1.96 bits per heavy atom. The lowest BCUT2D eigenvalue weighted by molar-refractivity contribution is -0.138. The molecule has 1 unspecified atom stereocenters. The first-order valence-corrected chi connectivity index (χ1v) is 12.0. The second kappa shape index (κ2) is 9.99. The lowest BCUT2D eigenvalue weighted by atomic mass is 9.79. The van der Waals surface area contributed by atoms with Crippen LogP contribution in [0.5, 0.6) is 0 Å². The molecule has 3 rings (SSSR count). The SMILES string of the molecule is CCCCC1CCC(C(=O)N2CCCC(c3nnc(CC(C)C)s3)C2)CC1. The van der Waals surface area contributed by atoms with Gasteiger partial charge in [-0.25, -0.2) is 0 Å². The van der Waals surface area contributed by atoms with Crippen molar-refractivity contribution < 1.29 is 4.79 Å². The van der Waals surface area contributed by atoms with E-state index in [0.29, 0.717) is 17.7 Å². The highest BCUT2D eigenvalue weighted by atomic mass is 32.1. The van der Waals surface area contributed by atoms with Crippen molar-refractivity contribution >= 4 is 17.2 Å². The summed E-state index contributed by atoms with van der Waals surface area (Å²) in [5, 5.41) is 11.1. The first-order chi connectivity index (χ1) is 13.1. The summed E-state index contributed by atoms with van der Waals surface area (Å²) < 4.78 is 0. The fraction of sp³-hybridized carbons (Fsp3) is 0.864. The quantitative estimate of drug-likeness (QED) is 0.622. The van der Waals surface area contributed by atoms with Crippen LogP contribution in [0.15, 0.2) is 0 Å². The van der Waals surface area contributed by atoms with Gasteiger partial charge in [0.05, 0.1) is 0 Å². The Kier molecular flexibility index (Phi) is 7.68. The van der Waals surface area contributed by atoms with E-state index in [1.807, 2.05) is 0 Å². The number of likely N-dealkylation sites (tertiary alicyclic amines) is 1. The Labute approximate surface area is 169 Å². The van der Waals surface area contributed by atoms with Gasteiger partial charge in [-0.05, 0) is 50.4 Å². The average Bonchev–Trinajstić information content (AvgIpc) is 3.14. The molecular weight excluding hydrogens is 354 g/mol. The molecule has 1 amide bonds. The molecule has 1 aromatic heterocycles. The molecule has 2 fully saturated rings. The van der Waals surface area contributed by atoms with E-state index >= 15 is 0 Å². The topological polar surface area (TPSA) is 46.1 Å². The van der Waals surface area contributed by atoms with Crippen LogP contribution in [-0.2, 0) is 11.2 Å². The summed E-state index contributed by atoms with van der Waals surface area (Å²) in [4.78, 5) is 15.2. The Morgan fingerprint density at radius 1 is 1.19 bits per heavy atom. The zero-order valence-electron chi connectivity index (χ0n) is 17.5. The fourth-order valence-electron chi connectivity index (χ4n) is 4.69. The highest BCUT2D eigenvalue weighted by molar-refractivity contribution is 7.11. The van der Waals surface area contributed by atoms with Crippen molar-refractivity contribution in [3.8, 4) is 0 Å². The van der Waals surface area contributed by atoms with E-state index in [-0.39, 0.29) is 5.92 Å². The Morgan fingerprint density at radius 3 is 2.67 bits per heavy atom. The largest absolute Gasteiger partial charge is 0.342 e. The number of hydrogen-bond donors (Lipinski definition) is 0. The number of amides is 1. The molecule has 152 valence electrons. The number of unbranched alkanes of at least 4 members (excludes halogenated alkanes) is 1. The summed E-state index contributed by atoms with van der Waals surface area (Å²) in [6.45, 7) is 8.50. The van der Waals surface area contributed by atoms with Crippen molar-refractivity contribution in [2.45, 2.75) is 90.9 Å². The molecule has 2 aliphatic rings. The van der Waals surface area contributed by atoms with Gasteiger partial charge in [-0.2, -0.15) is 0 Å². The van der Waals surface area contributed by atoms with Crippen LogP contribution in [0.2, 0.25) is 0 Å². The molecule has 1 saturated carbocycles. The highest BCUT2D eigenvalue weighted by Crippen LogP contribution is 2.35. The normalized spacial score (nSPS) is 26.5. The summed E-state index contributed by atoms with van der Waals surface area (Å²) in [6.07, 6.45) is 12.0. The molecule has 1 aromatic rings. The van der Waals surface area contributed by atoms with Crippen LogP contribution in [0, 0.1) is 17.8 Å². The van der Waals surface area contributed by atoms with Gasteiger partial charge in [0, 0.05) is 31.3 Å². The van der Waals surface area contributed by atoms with Crippen LogP contribution in [-0.4, -0.2) is 34.1 Å². The molecule has 0 aromatic carbocycles. The van der Waals surface area contributed by atoms with Crippen LogP contribution >= 0.6 is 11.3 Å². The Balaban J connectivity index is 1.52.